The second-order valence-electron chi connectivity index (χ2n) is 3.95. The number of para-hydroxylation sites is 1. The van der Waals surface area contributed by atoms with Gasteiger partial charge in [0.1, 0.15) is 0 Å². The third-order valence-electron chi connectivity index (χ3n) is 3.07. The molecule has 1 heterocycles. The molecule has 0 amide bonds. The first-order valence-corrected chi connectivity index (χ1v) is 5.26. The summed E-state index contributed by atoms with van der Waals surface area (Å²) in [6, 6.07) is 8.02. The Morgan fingerprint density at radius 1 is 1.38 bits per heavy atom. The van der Waals surface area contributed by atoms with Gasteiger partial charge in [-0.25, -0.2) is 0 Å². The minimum Gasteiger partial charge on any atom is -0.348 e. The van der Waals surface area contributed by atoms with Gasteiger partial charge in [-0.05, 0) is 18.6 Å². The van der Waals surface area contributed by atoms with Gasteiger partial charge in [0.25, 0.3) is 0 Å². The molecule has 0 fully saturated rings. The van der Waals surface area contributed by atoms with Crippen molar-refractivity contribution in [2.24, 2.45) is 7.05 Å². The number of aryl methyl sites for hydroxylation is 1. The van der Waals surface area contributed by atoms with E-state index in [1.54, 1.807) is 0 Å². The van der Waals surface area contributed by atoms with Crippen LogP contribution in [0.15, 0.2) is 24.3 Å². The third kappa shape index (κ3) is 1.66. The lowest BCUT2D eigenvalue weighted by Gasteiger charge is -1.99. The quantitative estimate of drug-likeness (QED) is 0.586. The van der Waals surface area contributed by atoms with Crippen LogP contribution in [0.5, 0.6) is 0 Å². The molecule has 0 saturated heterocycles. The summed E-state index contributed by atoms with van der Waals surface area (Å²) in [5, 5.41) is 11.6. The second kappa shape index (κ2) is 3.96. The van der Waals surface area contributed by atoms with Gasteiger partial charge >= 0.3 is 0 Å². The summed E-state index contributed by atoms with van der Waals surface area (Å²) >= 11 is 0. The van der Waals surface area contributed by atoms with E-state index >= 15 is 0 Å². The Kier molecular flexibility index (Phi) is 2.64. The van der Waals surface area contributed by atoms with E-state index in [2.05, 4.69) is 4.57 Å². The lowest BCUT2D eigenvalue weighted by atomic mass is 10.1. The Morgan fingerprint density at radius 3 is 2.75 bits per heavy atom. The van der Waals surface area contributed by atoms with Crippen LogP contribution in [0.3, 0.4) is 0 Å². The number of hydrogen-bond donors (Lipinski definition) is 0. The molecule has 0 spiro atoms. The summed E-state index contributed by atoms with van der Waals surface area (Å²) in [4.78, 5) is 10.2. The number of hydrogen-bond acceptors (Lipinski definition) is 2. The highest BCUT2D eigenvalue weighted by Crippen LogP contribution is 2.24. The molecule has 0 bridgehead atoms. The molecule has 4 heteroatoms. The summed E-state index contributed by atoms with van der Waals surface area (Å²) in [5.41, 5.74) is 3.34. The van der Waals surface area contributed by atoms with E-state index in [-0.39, 0.29) is 11.5 Å². The summed E-state index contributed by atoms with van der Waals surface area (Å²) < 4.78 is 2.09. The fourth-order valence-corrected chi connectivity index (χ4v) is 2.12. The van der Waals surface area contributed by atoms with Crippen molar-refractivity contribution in [1.82, 2.24) is 4.57 Å². The van der Waals surface area contributed by atoms with Gasteiger partial charge in [0.05, 0.1) is 0 Å². The molecular weight excluding hydrogens is 204 g/mol. The number of aromatic nitrogens is 1. The number of fused-ring (bicyclic) bond motifs is 1. The van der Waals surface area contributed by atoms with Crippen LogP contribution in [-0.4, -0.2) is 16.0 Å². The van der Waals surface area contributed by atoms with E-state index in [4.69, 9.17) is 0 Å². The Bertz CT molecular complexity index is 543. The highest BCUT2D eigenvalue weighted by molar-refractivity contribution is 5.85. The van der Waals surface area contributed by atoms with Gasteiger partial charge in [0.15, 0.2) is 0 Å². The van der Waals surface area contributed by atoms with Crippen molar-refractivity contribution >= 4 is 10.9 Å². The molecule has 0 N–H and O–H groups in total. The predicted octanol–water partition coefficient (Wildman–Crippen LogP) is 2.31. The lowest BCUT2D eigenvalue weighted by molar-refractivity contribution is -0.479. The summed E-state index contributed by atoms with van der Waals surface area (Å²) in [6.45, 7) is 2.00. The molecule has 16 heavy (non-hydrogen) atoms. The van der Waals surface area contributed by atoms with Crippen molar-refractivity contribution in [1.29, 1.82) is 0 Å². The maximum absolute atomic E-state index is 10.4. The molecule has 0 atom stereocenters. The van der Waals surface area contributed by atoms with Crippen LogP contribution >= 0.6 is 0 Å². The first-order valence-electron chi connectivity index (χ1n) is 5.26. The first-order chi connectivity index (χ1) is 7.61. The third-order valence-corrected chi connectivity index (χ3v) is 3.07. The van der Waals surface area contributed by atoms with E-state index in [1.165, 1.54) is 0 Å². The van der Waals surface area contributed by atoms with Crippen LogP contribution in [0.25, 0.3) is 10.9 Å². The summed E-state index contributed by atoms with van der Waals surface area (Å²) in [6.07, 6.45) is 0.500. The Balaban J connectivity index is 2.51. The Hall–Kier alpha value is -1.84. The molecule has 1 aromatic carbocycles. The van der Waals surface area contributed by atoms with Crippen LogP contribution in [0.1, 0.15) is 11.3 Å². The molecule has 0 radical (unpaired) electrons. The van der Waals surface area contributed by atoms with Crippen molar-refractivity contribution in [3.8, 4) is 0 Å². The van der Waals surface area contributed by atoms with Crippen LogP contribution in [0, 0.1) is 17.0 Å². The van der Waals surface area contributed by atoms with E-state index in [0.29, 0.717) is 6.42 Å². The van der Waals surface area contributed by atoms with E-state index < -0.39 is 0 Å². The Morgan fingerprint density at radius 2 is 2.06 bits per heavy atom. The maximum atomic E-state index is 10.4. The average molecular weight is 218 g/mol. The number of benzene rings is 1. The highest BCUT2D eigenvalue weighted by Gasteiger charge is 2.12. The van der Waals surface area contributed by atoms with Gasteiger partial charge in [0, 0.05) is 35.0 Å². The van der Waals surface area contributed by atoms with Crippen LogP contribution in [0.2, 0.25) is 0 Å². The van der Waals surface area contributed by atoms with Crippen LogP contribution in [0.4, 0.5) is 0 Å². The van der Waals surface area contributed by atoms with Crippen molar-refractivity contribution in [2.75, 3.05) is 6.54 Å². The fourth-order valence-electron chi connectivity index (χ4n) is 2.12. The predicted molar refractivity (Wildman–Crippen MR) is 63.2 cm³/mol. The molecule has 0 aliphatic carbocycles. The maximum Gasteiger partial charge on any atom is 0.207 e. The number of rotatable bonds is 3. The van der Waals surface area contributed by atoms with Crippen molar-refractivity contribution in [3.05, 3.63) is 45.6 Å². The van der Waals surface area contributed by atoms with Crippen LogP contribution < -0.4 is 0 Å². The van der Waals surface area contributed by atoms with Gasteiger partial charge < -0.3 is 4.57 Å². The molecule has 4 nitrogen and oxygen atoms in total. The number of nitrogens with zero attached hydrogens (tertiary/aromatic N) is 2. The van der Waals surface area contributed by atoms with Gasteiger partial charge in [-0.1, -0.05) is 18.2 Å². The molecule has 2 rings (SSSR count). The standard InChI is InChI=1S/C12H14N2O2/c1-9-10(7-8-14(15)16)11-5-3-4-6-12(11)13(9)2/h3-6H,7-8H2,1-2H3. The van der Waals surface area contributed by atoms with Gasteiger partial charge in [-0.15, -0.1) is 0 Å². The molecule has 0 aliphatic heterocycles. The normalized spacial score (nSPS) is 10.9. The lowest BCUT2D eigenvalue weighted by Crippen LogP contribution is -2.05. The molecular formula is C12H14N2O2. The smallest absolute Gasteiger partial charge is 0.207 e. The van der Waals surface area contributed by atoms with Crippen LogP contribution in [-0.2, 0) is 13.5 Å². The zero-order valence-electron chi connectivity index (χ0n) is 9.43. The molecule has 2 aromatic rings. The topological polar surface area (TPSA) is 48.1 Å². The molecule has 1 aromatic heterocycles. The van der Waals surface area contributed by atoms with E-state index in [1.807, 2.05) is 38.2 Å². The SMILES string of the molecule is Cc1c(CC[N+](=O)[O-])c2ccccc2n1C. The number of nitro groups is 1. The fraction of sp³-hybridized carbons (Fsp3) is 0.333. The summed E-state index contributed by atoms with van der Waals surface area (Å²) in [5.74, 6) is 0. The Labute approximate surface area is 93.6 Å². The molecule has 0 unspecified atom stereocenters. The molecule has 84 valence electrons. The second-order valence-corrected chi connectivity index (χ2v) is 3.95. The van der Waals surface area contributed by atoms with E-state index in [0.717, 1.165) is 22.2 Å². The molecule has 0 saturated carbocycles. The zero-order valence-corrected chi connectivity index (χ0v) is 9.43. The van der Waals surface area contributed by atoms with Gasteiger partial charge in [0.2, 0.25) is 6.54 Å². The largest absolute Gasteiger partial charge is 0.348 e. The average Bonchev–Trinajstić information content (AvgIpc) is 2.50. The zero-order chi connectivity index (χ0) is 11.7. The van der Waals surface area contributed by atoms with Crippen molar-refractivity contribution < 1.29 is 4.92 Å². The summed E-state index contributed by atoms with van der Waals surface area (Å²) in [7, 11) is 1.99. The molecule has 0 aliphatic rings. The van der Waals surface area contributed by atoms with Gasteiger partial charge in [-0.2, -0.15) is 0 Å². The monoisotopic (exact) mass is 218 g/mol. The van der Waals surface area contributed by atoms with Crippen molar-refractivity contribution in [2.45, 2.75) is 13.3 Å². The van der Waals surface area contributed by atoms with E-state index in [9.17, 15) is 10.1 Å². The van der Waals surface area contributed by atoms with Crippen molar-refractivity contribution in [3.63, 3.8) is 0 Å². The first kappa shape index (κ1) is 10.7. The minimum absolute atomic E-state index is 0.00511. The highest BCUT2D eigenvalue weighted by atomic mass is 16.6. The minimum atomic E-state index is -0.263. The van der Waals surface area contributed by atoms with Gasteiger partial charge in [-0.3, -0.25) is 10.1 Å².